The summed E-state index contributed by atoms with van der Waals surface area (Å²) in [6.45, 7) is 4.84. The third-order valence-electron chi connectivity index (χ3n) is 1.16. The maximum Gasteiger partial charge on any atom is 0.420 e. The quantitative estimate of drug-likeness (QED) is 0.442. The van der Waals surface area contributed by atoms with Crippen LogP contribution in [0.25, 0.3) is 0 Å². The van der Waals surface area contributed by atoms with Crippen molar-refractivity contribution in [3.05, 3.63) is 24.3 Å². The second-order valence-corrected chi connectivity index (χ2v) is 3.19. The third-order valence-corrected chi connectivity index (χ3v) is 1.62. The minimum absolute atomic E-state index is 1.54. The predicted molar refractivity (Wildman–Crippen MR) is 52.1 cm³/mol. The molecule has 0 aromatic carbocycles. The molecule has 0 heterocycles. The molecule has 18 heavy (non-hydrogen) atoms. The van der Waals surface area contributed by atoms with E-state index in [-0.39, 0.29) is 0 Å². The molecule has 0 aliphatic rings. The van der Waals surface area contributed by atoms with Crippen molar-refractivity contribution in [1.29, 1.82) is 0 Å². The first-order valence-corrected chi connectivity index (χ1v) is 4.38. The van der Waals surface area contributed by atoms with E-state index < -0.39 is 34.0 Å². The number of hydrogen-bond donors (Lipinski definition) is 0. The fourth-order valence-corrected chi connectivity index (χ4v) is 0.437. The van der Waals surface area contributed by atoms with Gasteiger partial charge in [-0.2, -0.15) is 26.3 Å². The standard InChI is InChI=1S/2C4H2ClF3O/c2*1-2(3(5)9)4(6,7)8/h2*1H2. The molecular formula is C8H4Cl2F6O2. The second-order valence-electron chi connectivity index (χ2n) is 2.50. The fraction of sp³-hybridized carbons (Fsp3) is 0.250. The van der Waals surface area contributed by atoms with Gasteiger partial charge in [0.2, 0.25) is 0 Å². The smallest absolute Gasteiger partial charge is 0.276 e. The van der Waals surface area contributed by atoms with Crippen LogP contribution in [-0.2, 0) is 9.59 Å². The van der Waals surface area contributed by atoms with Gasteiger partial charge >= 0.3 is 12.4 Å². The largest absolute Gasteiger partial charge is 0.420 e. The Kier molecular flexibility index (Phi) is 7.29. The summed E-state index contributed by atoms with van der Waals surface area (Å²) in [5.74, 6) is 0. The molecule has 0 amide bonds. The van der Waals surface area contributed by atoms with Gasteiger partial charge in [0.25, 0.3) is 10.5 Å². The lowest BCUT2D eigenvalue weighted by molar-refractivity contribution is -0.123. The van der Waals surface area contributed by atoms with Crippen LogP contribution in [0.2, 0.25) is 0 Å². The van der Waals surface area contributed by atoms with Gasteiger partial charge in [0, 0.05) is 0 Å². The maximum atomic E-state index is 11.3. The van der Waals surface area contributed by atoms with Crippen LogP contribution in [0.4, 0.5) is 26.3 Å². The van der Waals surface area contributed by atoms with E-state index in [1.165, 1.54) is 0 Å². The first-order valence-electron chi connectivity index (χ1n) is 3.63. The predicted octanol–water partition coefficient (Wildman–Crippen LogP) is 3.74. The molecule has 0 saturated heterocycles. The number of allylic oxidation sites excluding steroid dienone is 2. The lowest BCUT2D eigenvalue weighted by Crippen LogP contribution is -2.15. The molecule has 0 radical (unpaired) electrons. The third kappa shape index (κ3) is 8.13. The van der Waals surface area contributed by atoms with E-state index in [1.807, 2.05) is 0 Å². The highest BCUT2D eigenvalue weighted by Gasteiger charge is 2.36. The van der Waals surface area contributed by atoms with E-state index in [0.29, 0.717) is 0 Å². The highest BCUT2D eigenvalue weighted by molar-refractivity contribution is 6.68. The lowest BCUT2D eigenvalue weighted by atomic mass is 10.3. The highest BCUT2D eigenvalue weighted by atomic mass is 35.5. The molecule has 0 saturated carbocycles. The summed E-state index contributed by atoms with van der Waals surface area (Å²) in [5, 5.41) is -3.13. The van der Waals surface area contributed by atoms with E-state index >= 15 is 0 Å². The summed E-state index contributed by atoms with van der Waals surface area (Å²) in [7, 11) is 0. The zero-order chi connectivity index (χ0) is 15.3. The Morgan fingerprint density at radius 2 is 0.889 bits per heavy atom. The summed E-state index contributed by atoms with van der Waals surface area (Å²) >= 11 is 8.91. The second kappa shape index (κ2) is 6.79. The number of halogens is 8. The van der Waals surface area contributed by atoms with Gasteiger partial charge in [0.05, 0.1) is 0 Å². The van der Waals surface area contributed by atoms with E-state index in [1.54, 1.807) is 0 Å². The summed E-state index contributed by atoms with van der Waals surface area (Å²) in [4.78, 5) is 19.5. The van der Waals surface area contributed by atoms with Crippen molar-refractivity contribution >= 4 is 33.7 Å². The van der Waals surface area contributed by atoms with Gasteiger partial charge < -0.3 is 0 Å². The van der Waals surface area contributed by atoms with Crippen LogP contribution in [0.5, 0.6) is 0 Å². The van der Waals surface area contributed by atoms with Gasteiger partial charge in [-0.1, -0.05) is 13.2 Å². The monoisotopic (exact) mass is 316 g/mol. The van der Waals surface area contributed by atoms with Crippen LogP contribution in [0.1, 0.15) is 0 Å². The fourth-order valence-electron chi connectivity index (χ4n) is 0.223. The molecule has 0 N–H and O–H groups in total. The van der Waals surface area contributed by atoms with Gasteiger partial charge in [-0.25, -0.2) is 0 Å². The van der Waals surface area contributed by atoms with Gasteiger partial charge in [-0.3, -0.25) is 9.59 Å². The van der Waals surface area contributed by atoms with Crippen LogP contribution in [0.15, 0.2) is 24.3 Å². The molecule has 0 unspecified atom stereocenters. The zero-order valence-corrected chi connectivity index (χ0v) is 9.77. The Balaban J connectivity index is 0. The topological polar surface area (TPSA) is 34.1 Å². The van der Waals surface area contributed by atoms with Crippen LogP contribution < -0.4 is 0 Å². The molecule has 0 aliphatic heterocycles. The molecule has 0 atom stereocenters. The number of carbonyl (C=O) groups excluding carboxylic acids is 2. The molecule has 104 valence electrons. The molecule has 10 heteroatoms. The molecule has 0 aromatic rings. The Labute approximate surface area is 107 Å². The van der Waals surface area contributed by atoms with E-state index in [9.17, 15) is 35.9 Å². The lowest BCUT2D eigenvalue weighted by Gasteiger charge is -2.02. The van der Waals surface area contributed by atoms with Crippen molar-refractivity contribution in [2.24, 2.45) is 0 Å². The first kappa shape index (κ1) is 19.3. The van der Waals surface area contributed by atoms with Crippen molar-refractivity contribution in [2.75, 3.05) is 0 Å². The summed E-state index contributed by atoms with van der Waals surface area (Å²) in [6.07, 6.45) is -9.39. The Morgan fingerprint density at radius 1 is 0.722 bits per heavy atom. The molecule has 0 aromatic heterocycles. The van der Waals surface area contributed by atoms with Gasteiger partial charge in [0.1, 0.15) is 11.1 Å². The highest BCUT2D eigenvalue weighted by Crippen LogP contribution is 2.25. The van der Waals surface area contributed by atoms with Crippen molar-refractivity contribution in [3.8, 4) is 0 Å². The van der Waals surface area contributed by atoms with Gasteiger partial charge in [-0.15, -0.1) is 0 Å². The molecule has 0 aliphatic carbocycles. The van der Waals surface area contributed by atoms with Crippen molar-refractivity contribution in [3.63, 3.8) is 0 Å². The summed E-state index contributed by atoms with van der Waals surface area (Å²) in [6, 6.07) is 0. The van der Waals surface area contributed by atoms with Crippen molar-refractivity contribution in [2.45, 2.75) is 12.4 Å². The molecule has 0 rings (SSSR count). The van der Waals surface area contributed by atoms with Crippen molar-refractivity contribution in [1.82, 2.24) is 0 Å². The first-order chi connectivity index (χ1) is 7.71. The SMILES string of the molecule is C=C(C(=O)Cl)C(F)(F)F.C=C(C(=O)Cl)C(F)(F)F. The number of hydrogen-bond acceptors (Lipinski definition) is 2. The van der Waals surface area contributed by atoms with Crippen LogP contribution in [-0.4, -0.2) is 22.8 Å². The van der Waals surface area contributed by atoms with Gasteiger partial charge in [0.15, 0.2) is 0 Å². The summed E-state index contributed by atoms with van der Waals surface area (Å²) < 4.78 is 67.8. The average Bonchev–Trinajstić information content (AvgIpc) is 2.13. The molecule has 0 spiro atoms. The number of carbonyl (C=O) groups is 2. The Hall–Kier alpha value is -1.02. The van der Waals surface area contributed by atoms with Crippen LogP contribution in [0, 0.1) is 0 Å². The average molecular weight is 317 g/mol. The van der Waals surface area contributed by atoms with E-state index in [0.717, 1.165) is 0 Å². The Morgan fingerprint density at radius 3 is 0.889 bits per heavy atom. The Bertz CT molecular complexity index is 333. The molecule has 0 bridgehead atoms. The van der Waals surface area contributed by atoms with Crippen molar-refractivity contribution < 1.29 is 35.9 Å². The van der Waals surface area contributed by atoms with E-state index in [4.69, 9.17) is 0 Å². The molecule has 2 nitrogen and oxygen atoms in total. The molecular weight excluding hydrogens is 313 g/mol. The van der Waals surface area contributed by atoms with E-state index in [2.05, 4.69) is 36.4 Å². The zero-order valence-electron chi connectivity index (χ0n) is 8.25. The summed E-state index contributed by atoms with van der Waals surface area (Å²) in [5.41, 5.74) is -3.08. The van der Waals surface area contributed by atoms with Crippen LogP contribution >= 0.6 is 23.2 Å². The number of alkyl halides is 6. The van der Waals surface area contributed by atoms with Crippen LogP contribution in [0.3, 0.4) is 0 Å². The normalized spacial score (nSPS) is 11.1. The molecule has 0 fully saturated rings. The minimum Gasteiger partial charge on any atom is -0.276 e. The van der Waals surface area contributed by atoms with Gasteiger partial charge in [-0.05, 0) is 23.2 Å². The maximum absolute atomic E-state index is 11.3. The number of rotatable bonds is 2. The minimum atomic E-state index is -4.70.